The summed E-state index contributed by atoms with van der Waals surface area (Å²) in [6.07, 6.45) is 2.70. The Morgan fingerprint density at radius 1 is 1.00 bits per heavy atom. The SMILES string of the molecule is Cc1cc(N)n(-c2cc(Cl)ncn2)n1.NNc1cc(Cl)ncn1. The molecule has 3 rings (SSSR count). The van der Waals surface area contributed by atoms with E-state index < -0.39 is 0 Å². The maximum atomic E-state index is 5.72. The summed E-state index contributed by atoms with van der Waals surface area (Å²) < 4.78 is 1.52. The number of anilines is 2. The molecule has 23 heavy (non-hydrogen) atoms. The van der Waals surface area contributed by atoms with E-state index in [4.69, 9.17) is 34.8 Å². The van der Waals surface area contributed by atoms with Gasteiger partial charge in [-0.3, -0.25) is 0 Å². The Balaban J connectivity index is 0.000000185. The van der Waals surface area contributed by atoms with Crippen LogP contribution in [0, 0.1) is 6.92 Å². The first-order valence-electron chi connectivity index (χ1n) is 6.24. The van der Waals surface area contributed by atoms with Gasteiger partial charge in [-0.05, 0) is 6.92 Å². The van der Waals surface area contributed by atoms with E-state index in [2.05, 4.69) is 30.5 Å². The van der Waals surface area contributed by atoms with Gasteiger partial charge in [0.05, 0.1) is 5.69 Å². The number of nitrogens with two attached hydrogens (primary N) is 2. The van der Waals surface area contributed by atoms with Crippen molar-refractivity contribution in [1.29, 1.82) is 0 Å². The standard InChI is InChI=1S/C8H8ClN5.C4H5ClN4/c1-5-2-7(10)14(13-5)8-3-6(9)11-4-12-8;5-3-1-4(9-6)8-2-7-3/h2-4H,10H2,1H3;1-2H,6H2,(H,7,8,9). The largest absolute Gasteiger partial charge is 0.384 e. The maximum absolute atomic E-state index is 5.72. The molecular weight excluding hydrogens is 341 g/mol. The molecule has 0 spiro atoms. The molecule has 0 bridgehead atoms. The van der Waals surface area contributed by atoms with Gasteiger partial charge in [0.1, 0.15) is 34.6 Å². The van der Waals surface area contributed by atoms with Crippen LogP contribution in [0.3, 0.4) is 0 Å². The highest BCUT2D eigenvalue weighted by molar-refractivity contribution is 6.29. The molecule has 0 saturated carbocycles. The molecule has 3 aromatic rings. The van der Waals surface area contributed by atoms with Gasteiger partial charge < -0.3 is 11.2 Å². The van der Waals surface area contributed by atoms with E-state index in [1.54, 1.807) is 12.1 Å². The molecule has 0 aliphatic carbocycles. The fourth-order valence-electron chi connectivity index (χ4n) is 1.56. The third-order valence-corrected chi connectivity index (χ3v) is 2.89. The van der Waals surface area contributed by atoms with Crippen LogP contribution in [0.15, 0.2) is 30.9 Å². The van der Waals surface area contributed by atoms with Gasteiger partial charge >= 0.3 is 0 Å². The summed E-state index contributed by atoms with van der Waals surface area (Å²) in [5.41, 5.74) is 8.88. The van der Waals surface area contributed by atoms with Crippen LogP contribution in [0.2, 0.25) is 10.3 Å². The number of nitrogens with one attached hydrogen (secondary N) is 1. The number of hydrogen-bond acceptors (Lipinski definition) is 8. The molecule has 0 amide bonds. The third-order valence-electron chi connectivity index (χ3n) is 2.48. The average Bonchev–Trinajstić information content (AvgIpc) is 2.86. The lowest BCUT2D eigenvalue weighted by Crippen LogP contribution is -2.08. The van der Waals surface area contributed by atoms with Gasteiger partial charge in [0.2, 0.25) is 0 Å². The Hall–Kier alpha value is -2.49. The Morgan fingerprint density at radius 3 is 2.13 bits per heavy atom. The number of halogens is 2. The molecule has 3 aromatic heterocycles. The van der Waals surface area contributed by atoms with Crippen molar-refractivity contribution in [2.45, 2.75) is 6.92 Å². The molecule has 5 N–H and O–H groups in total. The number of hydrogen-bond donors (Lipinski definition) is 3. The lowest BCUT2D eigenvalue weighted by atomic mass is 10.5. The fraction of sp³-hybridized carbons (Fsp3) is 0.0833. The normalized spacial score (nSPS) is 9.91. The number of nitrogen functional groups attached to an aromatic ring is 2. The van der Waals surface area contributed by atoms with Crippen molar-refractivity contribution in [2.24, 2.45) is 5.84 Å². The molecular formula is C12H13Cl2N9. The summed E-state index contributed by atoms with van der Waals surface area (Å²) in [6, 6.07) is 4.89. The third kappa shape index (κ3) is 4.74. The van der Waals surface area contributed by atoms with Crippen LogP contribution in [0.25, 0.3) is 5.82 Å². The van der Waals surface area contributed by atoms with Crippen LogP contribution in [-0.2, 0) is 0 Å². The molecule has 0 aromatic carbocycles. The van der Waals surface area contributed by atoms with Gasteiger partial charge in [-0.15, -0.1) is 0 Å². The highest BCUT2D eigenvalue weighted by Gasteiger charge is 2.05. The zero-order valence-corrected chi connectivity index (χ0v) is 13.5. The first-order chi connectivity index (χ1) is 11.0. The average molecular weight is 354 g/mol. The van der Waals surface area contributed by atoms with Gasteiger partial charge in [0, 0.05) is 18.2 Å². The maximum Gasteiger partial charge on any atom is 0.160 e. The van der Waals surface area contributed by atoms with E-state index in [0.29, 0.717) is 27.8 Å². The molecule has 3 heterocycles. The second kappa shape index (κ2) is 7.68. The highest BCUT2D eigenvalue weighted by Crippen LogP contribution is 2.13. The Labute approximate surface area is 141 Å². The van der Waals surface area contributed by atoms with Crippen LogP contribution < -0.4 is 17.0 Å². The quantitative estimate of drug-likeness (QED) is 0.359. The molecule has 0 saturated heterocycles. The van der Waals surface area contributed by atoms with E-state index in [-0.39, 0.29) is 0 Å². The lowest BCUT2D eigenvalue weighted by molar-refractivity contribution is 0.835. The highest BCUT2D eigenvalue weighted by atomic mass is 35.5. The van der Waals surface area contributed by atoms with E-state index in [0.717, 1.165) is 5.69 Å². The monoisotopic (exact) mass is 353 g/mol. The summed E-state index contributed by atoms with van der Waals surface area (Å²) in [5, 5.41) is 4.90. The molecule has 120 valence electrons. The summed E-state index contributed by atoms with van der Waals surface area (Å²) in [7, 11) is 0. The van der Waals surface area contributed by atoms with Gasteiger partial charge in [-0.25, -0.2) is 25.8 Å². The van der Waals surface area contributed by atoms with Crippen LogP contribution in [0.4, 0.5) is 11.6 Å². The van der Waals surface area contributed by atoms with Crippen molar-refractivity contribution in [3.8, 4) is 5.82 Å². The van der Waals surface area contributed by atoms with Crippen molar-refractivity contribution < 1.29 is 0 Å². The molecule has 9 nitrogen and oxygen atoms in total. The summed E-state index contributed by atoms with van der Waals surface area (Å²) >= 11 is 11.2. The Kier molecular flexibility index (Phi) is 5.63. The first kappa shape index (κ1) is 16.9. The van der Waals surface area contributed by atoms with E-state index in [9.17, 15) is 0 Å². The van der Waals surface area contributed by atoms with Crippen LogP contribution in [-0.4, -0.2) is 29.7 Å². The van der Waals surface area contributed by atoms with E-state index in [1.165, 1.54) is 23.4 Å². The molecule has 0 fully saturated rings. The predicted molar refractivity (Wildman–Crippen MR) is 88.2 cm³/mol. The summed E-state index contributed by atoms with van der Waals surface area (Å²) in [5.74, 6) is 6.62. The molecule has 0 aliphatic heterocycles. The first-order valence-corrected chi connectivity index (χ1v) is 6.99. The van der Waals surface area contributed by atoms with Gasteiger partial charge in [-0.2, -0.15) is 9.78 Å². The number of aromatic nitrogens is 6. The van der Waals surface area contributed by atoms with E-state index >= 15 is 0 Å². The second-order valence-electron chi connectivity index (χ2n) is 4.19. The zero-order valence-electron chi connectivity index (χ0n) is 12.0. The van der Waals surface area contributed by atoms with Gasteiger partial charge in [0.25, 0.3) is 0 Å². The summed E-state index contributed by atoms with van der Waals surface area (Å²) in [4.78, 5) is 15.2. The molecule has 11 heteroatoms. The van der Waals surface area contributed by atoms with Crippen molar-refractivity contribution in [2.75, 3.05) is 11.2 Å². The van der Waals surface area contributed by atoms with Gasteiger partial charge in [-0.1, -0.05) is 23.2 Å². The summed E-state index contributed by atoms with van der Waals surface area (Å²) in [6.45, 7) is 1.86. The lowest BCUT2D eigenvalue weighted by Gasteiger charge is -2.01. The minimum atomic E-state index is 0.363. The zero-order chi connectivity index (χ0) is 16.8. The number of rotatable bonds is 2. The van der Waals surface area contributed by atoms with E-state index in [1.807, 2.05) is 6.92 Å². The minimum Gasteiger partial charge on any atom is -0.384 e. The van der Waals surface area contributed by atoms with Crippen LogP contribution in [0.5, 0.6) is 0 Å². The molecule has 0 aliphatic rings. The molecule has 0 unspecified atom stereocenters. The fourth-order valence-corrected chi connectivity index (χ4v) is 1.84. The Bertz CT molecular complexity index is 790. The van der Waals surface area contributed by atoms with Crippen molar-refractivity contribution in [1.82, 2.24) is 29.7 Å². The smallest absolute Gasteiger partial charge is 0.160 e. The van der Waals surface area contributed by atoms with Gasteiger partial charge in [0.15, 0.2) is 5.82 Å². The Morgan fingerprint density at radius 2 is 1.65 bits per heavy atom. The molecule has 0 radical (unpaired) electrons. The van der Waals surface area contributed by atoms with Crippen molar-refractivity contribution in [3.63, 3.8) is 0 Å². The number of nitrogens with zero attached hydrogens (tertiary/aromatic N) is 6. The second-order valence-corrected chi connectivity index (χ2v) is 4.97. The molecule has 0 atom stereocenters. The topological polar surface area (TPSA) is 133 Å². The number of hydrazine groups is 1. The van der Waals surface area contributed by atoms with Crippen LogP contribution in [0.1, 0.15) is 5.69 Å². The van der Waals surface area contributed by atoms with Crippen molar-refractivity contribution >= 4 is 34.8 Å². The number of aryl methyl sites for hydroxylation is 1. The minimum absolute atomic E-state index is 0.363. The van der Waals surface area contributed by atoms with Crippen molar-refractivity contribution in [3.05, 3.63) is 46.9 Å². The van der Waals surface area contributed by atoms with Crippen LogP contribution >= 0.6 is 23.2 Å². The predicted octanol–water partition coefficient (Wildman–Crippen LogP) is 1.62.